The highest BCUT2D eigenvalue weighted by atomic mass is 32.2. The number of hydrogen-bond donors (Lipinski definition) is 0. The van der Waals surface area contributed by atoms with E-state index >= 15 is 0 Å². The van der Waals surface area contributed by atoms with Gasteiger partial charge in [-0.25, -0.2) is 0 Å². The molecule has 1 aliphatic rings. The molecule has 0 amide bonds. The molecule has 1 unspecified atom stereocenters. The van der Waals surface area contributed by atoms with Crippen LogP contribution >= 0.6 is 11.8 Å². The molecule has 1 fully saturated rings. The first-order valence-electron chi connectivity index (χ1n) is 5.53. The third-order valence-corrected chi connectivity index (χ3v) is 4.03. The molecule has 1 saturated heterocycles. The van der Waals surface area contributed by atoms with Gasteiger partial charge in [0.2, 0.25) is 0 Å². The van der Waals surface area contributed by atoms with E-state index in [1.54, 1.807) is 17.8 Å². The van der Waals surface area contributed by atoms with E-state index in [1.807, 2.05) is 0 Å². The van der Waals surface area contributed by atoms with Gasteiger partial charge in [-0.05, 0) is 18.1 Å². The lowest BCUT2D eigenvalue weighted by molar-refractivity contribution is -0.385. The lowest BCUT2D eigenvalue weighted by atomic mass is 9.97. The smallest absolute Gasteiger partial charge is 0.273 e. The number of nitro groups is 1. The molecule has 1 atom stereocenters. The maximum atomic E-state index is 11.6. The minimum atomic E-state index is -0.447. The van der Waals surface area contributed by atoms with Crippen molar-refractivity contribution >= 4 is 23.2 Å². The van der Waals surface area contributed by atoms with E-state index in [9.17, 15) is 14.9 Å². The van der Waals surface area contributed by atoms with Crippen LogP contribution in [0.3, 0.4) is 0 Å². The zero-order valence-electron chi connectivity index (χ0n) is 9.92. The van der Waals surface area contributed by atoms with Crippen LogP contribution in [-0.2, 0) is 11.2 Å². The second-order valence-corrected chi connectivity index (χ2v) is 5.21. The number of rotatable bonds is 4. The number of ketones is 1. The zero-order chi connectivity index (χ0) is 13.1. The summed E-state index contributed by atoms with van der Waals surface area (Å²) in [6, 6.07) is 4.65. The van der Waals surface area contributed by atoms with Gasteiger partial charge >= 0.3 is 0 Å². The number of non-ortho nitro benzene ring substituents is 1. The van der Waals surface area contributed by atoms with Gasteiger partial charge in [-0.1, -0.05) is 0 Å². The van der Waals surface area contributed by atoms with Gasteiger partial charge in [0.1, 0.15) is 11.5 Å². The van der Waals surface area contributed by atoms with Crippen molar-refractivity contribution in [1.82, 2.24) is 0 Å². The second-order valence-electron chi connectivity index (χ2n) is 4.18. The zero-order valence-corrected chi connectivity index (χ0v) is 10.7. The van der Waals surface area contributed by atoms with Crippen LogP contribution in [-0.4, -0.2) is 29.3 Å². The van der Waals surface area contributed by atoms with Gasteiger partial charge in [-0.3, -0.25) is 14.9 Å². The minimum Gasteiger partial charge on any atom is -0.496 e. The van der Waals surface area contributed by atoms with Crippen LogP contribution in [0, 0.1) is 16.0 Å². The van der Waals surface area contributed by atoms with Crippen LogP contribution in [0.5, 0.6) is 5.75 Å². The number of ether oxygens (including phenoxy) is 1. The maximum absolute atomic E-state index is 11.6. The molecule has 0 N–H and O–H groups in total. The highest BCUT2D eigenvalue weighted by Gasteiger charge is 2.25. The summed E-state index contributed by atoms with van der Waals surface area (Å²) < 4.78 is 5.04. The molecular weight excluding hydrogens is 254 g/mol. The Labute approximate surface area is 109 Å². The third kappa shape index (κ3) is 2.81. The Balaban J connectivity index is 2.23. The fourth-order valence-corrected chi connectivity index (χ4v) is 3.10. The van der Waals surface area contributed by atoms with Gasteiger partial charge in [-0.2, -0.15) is 11.8 Å². The van der Waals surface area contributed by atoms with E-state index in [1.165, 1.54) is 19.2 Å². The SMILES string of the molecule is COc1cc(CC2CSCC2=O)cc([N+](=O)[O-])c1. The average Bonchev–Trinajstić information content (AvgIpc) is 2.74. The number of hydrogen-bond acceptors (Lipinski definition) is 5. The van der Waals surface area contributed by atoms with E-state index in [0.29, 0.717) is 17.9 Å². The Bertz CT molecular complexity index is 489. The van der Waals surface area contributed by atoms with Gasteiger partial charge < -0.3 is 4.74 Å². The van der Waals surface area contributed by atoms with Gasteiger partial charge in [-0.15, -0.1) is 0 Å². The summed E-state index contributed by atoms with van der Waals surface area (Å²) in [6.45, 7) is 0. The molecule has 18 heavy (non-hydrogen) atoms. The Morgan fingerprint density at radius 1 is 1.50 bits per heavy atom. The van der Waals surface area contributed by atoms with Crippen LogP contribution in [0.1, 0.15) is 5.56 Å². The van der Waals surface area contributed by atoms with Crippen molar-refractivity contribution in [2.45, 2.75) is 6.42 Å². The summed E-state index contributed by atoms with van der Waals surface area (Å²) in [6.07, 6.45) is 0.546. The third-order valence-electron chi connectivity index (χ3n) is 2.90. The van der Waals surface area contributed by atoms with Crippen molar-refractivity contribution in [2.24, 2.45) is 5.92 Å². The maximum Gasteiger partial charge on any atom is 0.273 e. The molecule has 1 aliphatic heterocycles. The number of methoxy groups -OCH3 is 1. The summed E-state index contributed by atoms with van der Waals surface area (Å²) in [7, 11) is 1.47. The molecule has 0 aromatic heterocycles. The summed E-state index contributed by atoms with van der Waals surface area (Å²) in [5, 5.41) is 10.8. The van der Waals surface area contributed by atoms with Crippen molar-refractivity contribution in [3.63, 3.8) is 0 Å². The summed E-state index contributed by atoms with van der Waals surface area (Å²) in [5.41, 5.74) is 0.782. The highest BCUT2D eigenvalue weighted by molar-refractivity contribution is 8.00. The topological polar surface area (TPSA) is 69.4 Å². The summed E-state index contributed by atoms with van der Waals surface area (Å²) in [4.78, 5) is 21.9. The number of carbonyl (C=O) groups is 1. The summed E-state index contributed by atoms with van der Waals surface area (Å²) >= 11 is 1.62. The lowest BCUT2D eigenvalue weighted by Crippen LogP contribution is -2.14. The van der Waals surface area contributed by atoms with Crippen LogP contribution in [0.2, 0.25) is 0 Å². The van der Waals surface area contributed by atoms with Gasteiger partial charge in [0.15, 0.2) is 0 Å². The number of carbonyl (C=O) groups excluding carboxylic acids is 1. The van der Waals surface area contributed by atoms with Crippen molar-refractivity contribution < 1.29 is 14.5 Å². The lowest BCUT2D eigenvalue weighted by Gasteiger charge is -2.08. The van der Waals surface area contributed by atoms with Gasteiger partial charge in [0, 0.05) is 17.7 Å². The Morgan fingerprint density at radius 3 is 2.83 bits per heavy atom. The van der Waals surface area contributed by atoms with Gasteiger partial charge in [0.05, 0.1) is 23.9 Å². The first-order chi connectivity index (χ1) is 8.60. The molecule has 0 bridgehead atoms. The second kappa shape index (κ2) is 5.39. The predicted molar refractivity (Wildman–Crippen MR) is 69.2 cm³/mol. The van der Waals surface area contributed by atoms with E-state index in [-0.39, 0.29) is 17.4 Å². The van der Waals surface area contributed by atoms with Crippen molar-refractivity contribution in [3.8, 4) is 5.75 Å². The standard InChI is InChI=1S/C12H13NO4S/c1-17-11-4-8(3-10(5-11)13(15)16)2-9-6-18-7-12(9)14/h3-5,9H,2,6-7H2,1H3. The van der Waals surface area contributed by atoms with Gasteiger partial charge in [0.25, 0.3) is 5.69 Å². The molecule has 0 aliphatic carbocycles. The molecule has 1 heterocycles. The molecule has 2 rings (SSSR count). The molecule has 6 heteroatoms. The molecular formula is C12H13NO4S. The Kier molecular flexibility index (Phi) is 3.86. The average molecular weight is 267 g/mol. The number of benzene rings is 1. The van der Waals surface area contributed by atoms with Crippen molar-refractivity contribution in [1.29, 1.82) is 0 Å². The molecule has 5 nitrogen and oxygen atoms in total. The summed E-state index contributed by atoms with van der Waals surface area (Å²) in [5.74, 6) is 2.00. The van der Waals surface area contributed by atoms with E-state index < -0.39 is 4.92 Å². The van der Waals surface area contributed by atoms with E-state index in [2.05, 4.69) is 0 Å². The highest BCUT2D eigenvalue weighted by Crippen LogP contribution is 2.28. The van der Waals surface area contributed by atoms with E-state index in [4.69, 9.17) is 4.74 Å². The molecule has 1 aromatic rings. The monoisotopic (exact) mass is 267 g/mol. The van der Waals surface area contributed by atoms with Crippen LogP contribution in [0.15, 0.2) is 18.2 Å². The number of Topliss-reactive ketones (excluding diaryl/α,β-unsaturated/α-hetero) is 1. The van der Waals surface area contributed by atoms with Crippen LogP contribution in [0.4, 0.5) is 5.69 Å². The van der Waals surface area contributed by atoms with E-state index in [0.717, 1.165) is 11.3 Å². The number of nitrogens with zero attached hydrogens (tertiary/aromatic N) is 1. The van der Waals surface area contributed by atoms with Crippen molar-refractivity contribution in [3.05, 3.63) is 33.9 Å². The predicted octanol–water partition coefficient (Wildman–Crippen LogP) is 2.08. The molecule has 0 radical (unpaired) electrons. The normalized spacial score (nSPS) is 18.9. The van der Waals surface area contributed by atoms with Crippen LogP contribution in [0.25, 0.3) is 0 Å². The van der Waals surface area contributed by atoms with Crippen molar-refractivity contribution in [2.75, 3.05) is 18.6 Å². The largest absolute Gasteiger partial charge is 0.496 e. The van der Waals surface area contributed by atoms with Crippen LogP contribution < -0.4 is 4.74 Å². The minimum absolute atomic E-state index is 0.00227. The fraction of sp³-hybridized carbons (Fsp3) is 0.417. The first kappa shape index (κ1) is 12.9. The molecule has 0 spiro atoms. The Morgan fingerprint density at radius 2 is 2.28 bits per heavy atom. The molecule has 1 aromatic carbocycles. The fourth-order valence-electron chi connectivity index (χ4n) is 1.95. The quantitative estimate of drug-likeness (QED) is 0.617. The first-order valence-corrected chi connectivity index (χ1v) is 6.68. The number of nitro benzene ring substituents is 1. The molecule has 96 valence electrons. The number of thioether (sulfide) groups is 1. The molecule has 0 saturated carbocycles. The Hall–Kier alpha value is -1.56.